The zero-order valence-electron chi connectivity index (χ0n) is 17.1. The fourth-order valence-electron chi connectivity index (χ4n) is 8.29. The standard InChI is InChI=1S/C23H38O4/c1-22-11-10-16(24)12-15(22)6-8-17-18-9-7-14(4-3-5-21(26)27)23(18,2)20(25)13-19(17)22/h14-20,24-25H,3-13H2,1-2H3,(H,26,27)/t14-,15+,16+,17?,18?,19?,20-,22-,23+/m0/s1. The van der Waals surface area contributed by atoms with E-state index in [0.717, 1.165) is 44.9 Å². The average Bonchev–Trinajstić information content (AvgIpc) is 2.95. The zero-order chi connectivity index (χ0) is 19.4. The van der Waals surface area contributed by atoms with Crippen LogP contribution in [-0.2, 0) is 4.79 Å². The van der Waals surface area contributed by atoms with Gasteiger partial charge in [0.2, 0.25) is 0 Å². The van der Waals surface area contributed by atoms with E-state index in [1.54, 1.807) is 0 Å². The molecule has 4 heteroatoms. The Kier molecular flexibility index (Phi) is 5.12. The highest BCUT2D eigenvalue weighted by Crippen LogP contribution is 2.67. The fraction of sp³-hybridized carbons (Fsp3) is 0.957. The lowest BCUT2D eigenvalue weighted by Gasteiger charge is -2.62. The molecule has 0 aromatic heterocycles. The van der Waals surface area contributed by atoms with E-state index in [4.69, 9.17) is 5.11 Å². The van der Waals surface area contributed by atoms with Gasteiger partial charge in [0, 0.05) is 6.42 Å². The summed E-state index contributed by atoms with van der Waals surface area (Å²) in [6.07, 6.45) is 10.3. The van der Waals surface area contributed by atoms with E-state index in [0.29, 0.717) is 29.6 Å². The van der Waals surface area contributed by atoms with E-state index in [-0.39, 0.29) is 29.5 Å². The van der Waals surface area contributed by atoms with Gasteiger partial charge in [-0.05, 0) is 105 Å². The number of carboxylic acids is 1. The van der Waals surface area contributed by atoms with Crippen molar-refractivity contribution in [3.8, 4) is 0 Å². The van der Waals surface area contributed by atoms with E-state index in [1.165, 1.54) is 19.3 Å². The minimum absolute atomic E-state index is 0.0307. The Labute approximate surface area is 163 Å². The number of fused-ring (bicyclic) bond motifs is 5. The van der Waals surface area contributed by atoms with Crippen molar-refractivity contribution < 1.29 is 20.1 Å². The maximum Gasteiger partial charge on any atom is 0.303 e. The van der Waals surface area contributed by atoms with E-state index < -0.39 is 5.97 Å². The molecule has 27 heavy (non-hydrogen) atoms. The molecule has 0 saturated heterocycles. The summed E-state index contributed by atoms with van der Waals surface area (Å²) in [6.45, 7) is 4.77. The second kappa shape index (κ2) is 7.02. The molecule has 3 N–H and O–H groups in total. The topological polar surface area (TPSA) is 77.8 Å². The first-order valence-corrected chi connectivity index (χ1v) is 11.3. The van der Waals surface area contributed by atoms with Crippen LogP contribution in [0.3, 0.4) is 0 Å². The Morgan fingerprint density at radius 3 is 2.52 bits per heavy atom. The summed E-state index contributed by atoms with van der Waals surface area (Å²) in [4.78, 5) is 10.9. The third kappa shape index (κ3) is 3.06. The van der Waals surface area contributed by atoms with Gasteiger partial charge in [-0.3, -0.25) is 4.79 Å². The quantitative estimate of drug-likeness (QED) is 0.684. The first kappa shape index (κ1) is 19.7. The van der Waals surface area contributed by atoms with Crippen LogP contribution in [0.15, 0.2) is 0 Å². The SMILES string of the molecule is C[C@]12C(CC[C@@H]1CCCC(=O)O)C1CC[C@@H]3C[C@H](O)CC[C@]3(C)C1C[C@@H]2O. The summed E-state index contributed by atoms with van der Waals surface area (Å²) in [6, 6.07) is 0. The van der Waals surface area contributed by atoms with Gasteiger partial charge in [0.25, 0.3) is 0 Å². The molecule has 0 heterocycles. The molecule has 0 amide bonds. The molecule has 4 aliphatic carbocycles. The zero-order valence-corrected chi connectivity index (χ0v) is 17.1. The molecule has 0 aromatic rings. The summed E-state index contributed by atoms with van der Waals surface area (Å²) in [5.41, 5.74) is 0.253. The number of hydrogen-bond donors (Lipinski definition) is 3. The van der Waals surface area contributed by atoms with Gasteiger partial charge >= 0.3 is 5.97 Å². The van der Waals surface area contributed by atoms with Crippen LogP contribution >= 0.6 is 0 Å². The first-order valence-electron chi connectivity index (χ1n) is 11.3. The van der Waals surface area contributed by atoms with E-state index in [9.17, 15) is 15.0 Å². The van der Waals surface area contributed by atoms with Crippen LogP contribution in [0, 0.1) is 40.4 Å². The summed E-state index contributed by atoms with van der Waals surface area (Å²) >= 11 is 0. The third-order valence-corrected chi connectivity index (χ3v) is 9.88. The lowest BCUT2D eigenvalue weighted by molar-refractivity contribution is -0.171. The van der Waals surface area contributed by atoms with Gasteiger partial charge in [-0.2, -0.15) is 0 Å². The maximum atomic E-state index is 11.3. The normalized spacial score (nSPS) is 51.9. The van der Waals surface area contributed by atoms with Crippen LogP contribution in [0.2, 0.25) is 0 Å². The molecule has 4 rings (SSSR count). The molecule has 4 fully saturated rings. The molecular formula is C23H38O4. The highest BCUT2D eigenvalue weighted by Gasteiger charge is 2.62. The minimum atomic E-state index is -0.704. The van der Waals surface area contributed by atoms with E-state index in [1.807, 2.05) is 0 Å². The molecule has 4 saturated carbocycles. The molecule has 0 aromatic carbocycles. The van der Waals surface area contributed by atoms with Crippen LogP contribution in [-0.4, -0.2) is 33.5 Å². The molecule has 9 atom stereocenters. The number of aliphatic carboxylic acids is 1. The van der Waals surface area contributed by atoms with Crippen molar-refractivity contribution in [3.05, 3.63) is 0 Å². The van der Waals surface area contributed by atoms with E-state index in [2.05, 4.69) is 13.8 Å². The molecule has 4 nitrogen and oxygen atoms in total. The van der Waals surface area contributed by atoms with Crippen molar-refractivity contribution in [2.45, 2.75) is 96.7 Å². The third-order valence-electron chi connectivity index (χ3n) is 9.88. The highest BCUT2D eigenvalue weighted by molar-refractivity contribution is 5.66. The molecular weight excluding hydrogens is 340 g/mol. The first-order chi connectivity index (χ1) is 12.8. The Morgan fingerprint density at radius 1 is 1.00 bits per heavy atom. The Balaban J connectivity index is 1.53. The van der Waals surface area contributed by atoms with Crippen LogP contribution in [0.5, 0.6) is 0 Å². The predicted octanol–water partition coefficient (Wildman–Crippen LogP) is 4.23. The van der Waals surface area contributed by atoms with Gasteiger partial charge < -0.3 is 15.3 Å². The lowest BCUT2D eigenvalue weighted by atomic mass is 9.44. The van der Waals surface area contributed by atoms with Gasteiger partial charge in [-0.1, -0.05) is 13.8 Å². The van der Waals surface area contributed by atoms with Crippen molar-refractivity contribution in [2.24, 2.45) is 40.4 Å². The number of aliphatic hydroxyl groups is 2. The molecule has 0 radical (unpaired) electrons. The van der Waals surface area contributed by atoms with Crippen molar-refractivity contribution in [1.29, 1.82) is 0 Å². The molecule has 3 unspecified atom stereocenters. The van der Waals surface area contributed by atoms with Crippen molar-refractivity contribution in [2.75, 3.05) is 0 Å². The van der Waals surface area contributed by atoms with Crippen LogP contribution in [0.25, 0.3) is 0 Å². The van der Waals surface area contributed by atoms with Crippen molar-refractivity contribution in [3.63, 3.8) is 0 Å². The second-order valence-electron chi connectivity index (χ2n) is 10.8. The average molecular weight is 379 g/mol. The maximum absolute atomic E-state index is 11.3. The summed E-state index contributed by atoms with van der Waals surface area (Å²) in [7, 11) is 0. The van der Waals surface area contributed by atoms with Gasteiger partial charge in [0.1, 0.15) is 0 Å². The molecule has 0 spiro atoms. The summed E-state index contributed by atoms with van der Waals surface area (Å²) < 4.78 is 0. The monoisotopic (exact) mass is 378 g/mol. The van der Waals surface area contributed by atoms with Gasteiger partial charge in [-0.25, -0.2) is 0 Å². The molecule has 0 aliphatic heterocycles. The lowest BCUT2D eigenvalue weighted by Crippen LogP contribution is -2.58. The smallest absolute Gasteiger partial charge is 0.303 e. The number of aliphatic hydroxyl groups excluding tert-OH is 2. The fourth-order valence-corrected chi connectivity index (χ4v) is 8.29. The van der Waals surface area contributed by atoms with Crippen molar-refractivity contribution >= 4 is 5.97 Å². The molecule has 154 valence electrons. The number of carbonyl (C=O) groups is 1. The molecule has 0 bridgehead atoms. The Morgan fingerprint density at radius 2 is 1.78 bits per heavy atom. The van der Waals surface area contributed by atoms with E-state index >= 15 is 0 Å². The van der Waals surface area contributed by atoms with Crippen LogP contribution in [0.4, 0.5) is 0 Å². The molecule has 4 aliphatic rings. The van der Waals surface area contributed by atoms with Gasteiger partial charge in [0.05, 0.1) is 12.2 Å². The predicted molar refractivity (Wildman–Crippen MR) is 104 cm³/mol. The summed E-state index contributed by atoms with van der Waals surface area (Å²) in [5, 5.41) is 30.5. The Hall–Kier alpha value is -0.610. The van der Waals surface area contributed by atoms with Crippen LogP contribution in [0.1, 0.15) is 84.5 Å². The van der Waals surface area contributed by atoms with Gasteiger partial charge in [-0.15, -0.1) is 0 Å². The van der Waals surface area contributed by atoms with Crippen LogP contribution < -0.4 is 0 Å². The summed E-state index contributed by atoms with van der Waals surface area (Å²) in [5.74, 6) is 2.27. The highest BCUT2D eigenvalue weighted by atomic mass is 16.4. The van der Waals surface area contributed by atoms with Crippen molar-refractivity contribution in [1.82, 2.24) is 0 Å². The number of rotatable bonds is 4. The second-order valence-corrected chi connectivity index (χ2v) is 10.8. The van der Waals surface area contributed by atoms with Gasteiger partial charge in [0.15, 0.2) is 0 Å². The number of hydrogen-bond acceptors (Lipinski definition) is 3. The number of carboxylic acid groups (broad SMARTS) is 1. The Bertz CT molecular complexity index is 577. The minimum Gasteiger partial charge on any atom is -0.481 e. The largest absolute Gasteiger partial charge is 0.481 e.